The van der Waals surface area contributed by atoms with E-state index in [9.17, 15) is 4.79 Å². The van der Waals surface area contributed by atoms with Crippen molar-refractivity contribution in [2.45, 2.75) is 45.7 Å². The molecular formula is C18H28Cl2N4O. The van der Waals surface area contributed by atoms with Crippen LogP contribution in [0.25, 0.3) is 11.0 Å². The third-order valence-electron chi connectivity index (χ3n) is 4.32. The molecule has 1 aliphatic carbocycles. The minimum atomic E-state index is -0.111. The molecule has 1 amide bonds. The van der Waals surface area contributed by atoms with E-state index in [0.29, 0.717) is 12.6 Å². The molecule has 2 N–H and O–H groups in total. The van der Waals surface area contributed by atoms with Crippen LogP contribution < -0.4 is 10.6 Å². The second-order valence-corrected chi connectivity index (χ2v) is 6.79. The third-order valence-corrected chi connectivity index (χ3v) is 4.32. The lowest BCUT2D eigenvalue weighted by atomic mass is 10.2. The first-order valence-corrected chi connectivity index (χ1v) is 8.53. The Morgan fingerprint density at radius 1 is 1.24 bits per heavy atom. The second-order valence-electron chi connectivity index (χ2n) is 6.79. The summed E-state index contributed by atoms with van der Waals surface area (Å²) in [5.74, 6) is 1.72. The molecule has 0 aliphatic heterocycles. The van der Waals surface area contributed by atoms with E-state index in [-0.39, 0.29) is 36.8 Å². The first-order valence-electron chi connectivity index (χ1n) is 8.53. The van der Waals surface area contributed by atoms with E-state index in [4.69, 9.17) is 4.98 Å². The van der Waals surface area contributed by atoms with Gasteiger partial charge in [0.25, 0.3) is 0 Å². The lowest BCUT2D eigenvalue weighted by Gasteiger charge is -2.19. The molecule has 1 aromatic heterocycles. The number of fused-ring (bicyclic) bond motifs is 1. The van der Waals surface area contributed by atoms with Gasteiger partial charge in [-0.25, -0.2) is 4.98 Å². The van der Waals surface area contributed by atoms with Crippen LogP contribution in [0, 0.1) is 5.92 Å². The van der Waals surface area contributed by atoms with Crippen molar-refractivity contribution < 1.29 is 4.79 Å². The fourth-order valence-corrected chi connectivity index (χ4v) is 2.98. The van der Waals surface area contributed by atoms with Crippen molar-refractivity contribution in [1.29, 1.82) is 0 Å². The Morgan fingerprint density at radius 3 is 2.56 bits per heavy atom. The van der Waals surface area contributed by atoms with Crippen LogP contribution in [-0.4, -0.2) is 28.5 Å². The second kappa shape index (κ2) is 9.41. The van der Waals surface area contributed by atoms with Crippen LogP contribution in [0.5, 0.6) is 0 Å². The maximum Gasteiger partial charge on any atom is 0.234 e. The Labute approximate surface area is 161 Å². The molecule has 25 heavy (non-hydrogen) atoms. The molecule has 3 rings (SSSR count). The Balaban J connectivity index is 0.00000156. The van der Waals surface area contributed by atoms with Gasteiger partial charge in [-0.3, -0.25) is 4.79 Å². The number of nitrogens with zero attached hydrogens (tertiary/aromatic N) is 2. The highest BCUT2D eigenvalue weighted by atomic mass is 35.5. The summed E-state index contributed by atoms with van der Waals surface area (Å²) >= 11 is 0. The first kappa shape index (κ1) is 21.7. The Morgan fingerprint density at radius 2 is 1.92 bits per heavy atom. The van der Waals surface area contributed by atoms with Gasteiger partial charge >= 0.3 is 0 Å². The molecular weight excluding hydrogens is 359 g/mol. The maximum absolute atomic E-state index is 12.1. The summed E-state index contributed by atoms with van der Waals surface area (Å²) < 4.78 is 2.21. The molecule has 2 aromatic rings. The molecule has 0 spiro atoms. The zero-order chi connectivity index (χ0) is 16.4. The van der Waals surface area contributed by atoms with Crippen LogP contribution in [0.3, 0.4) is 0 Å². The summed E-state index contributed by atoms with van der Waals surface area (Å²) in [5, 5.41) is 6.29. The number of aromatic nitrogens is 2. The number of amides is 1. The van der Waals surface area contributed by atoms with Crippen molar-refractivity contribution in [3.8, 4) is 0 Å². The highest BCUT2D eigenvalue weighted by molar-refractivity contribution is 5.85. The number of imidazole rings is 1. The summed E-state index contributed by atoms with van der Waals surface area (Å²) in [6.07, 6.45) is 2.59. The maximum atomic E-state index is 12.1. The minimum absolute atomic E-state index is 0. The van der Waals surface area contributed by atoms with Gasteiger partial charge in [-0.1, -0.05) is 12.1 Å². The molecule has 1 aromatic carbocycles. The van der Waals surface area contributed by atoms with Crippen molar-refractivity contribution >= 4 is 41.8 Å². The zero-order valence-electron chi connectivity index (χ0n) is 15.0. The quantitative estimate of drug-likeness (QED) is 0.763. The van der Waals surface area contributed by atoms with E-state index in [1.165, 1.54) is 12.8 Å². The normalized spacial score (nSPS) is 14.7. The van der Waals surface area contributed by atoms with Crippen LogP contribution in [0.15, 0.2) is 24.3 Å². The summed E-state index contributed by atoms with van der Waals surface area (Å²) in [6.45, 7) is 7.61. The van der Waals surface area contributed by atoms with Crippen LogP contribution in [0.2, 0.25) is 0 Å². The highest BCUT2D eigenvalue weighted by Crippen LogP contribution is 2.27. The summed E-state index contributed by atoms with van der Waals surface area (Å²) in [4.78, 5) is 16.8. The number of hydrogen-bond donors (Lipinski definition) is 2. The van der Waals surface area contributed by atoms with E-state index in [0.717, 1.165) is 29.3 Å². The lowest BCUT2D eigenvalue weighted by Crippen LogP contribution is -2.37. The lowest BCUT2D eigenvalue weighted by molar-refractivity contribution is -0.120. The van der Waals surface area contributed by atoms with Gasteiger partial charge in [0.15, 0.2) is 0 Å². The van der Waals surface area contributed by atoms with E-state index in [1.54, 1.807) is 0 Å². The van der Waals surface area contributed by atoms with Gasteiger partial charge in [0, 0.05) is 6.04 Å². The number of carbonyl (C=O) groups is 1. The fraction of sp³-hybridized carbons (Fsp3) is 0.556. The number of hydrogen-bond acceptors (Lipinski definition) is 3. The first-order chi connectivity index (χ1) is 11.1. The van der Waals surface area contributed by atoms with Crippen molar-refractivity contribution in [1.82, 2.24) is 20.2 Å². The molecule has 5 nitrogen and oxygen atoms in total. The van der Waals surface area contributed by atoms with Crippen molar-refractivity contribution in [3.05, 3.63) is 30.1 Å². The number of rotatable bonds is 7. The van der Waals surface area contributed by atoms with Crippen molar-refractivity contribution in [2.75, 3.05) is 13.1 Å². The number of carbonyl (C=O) groups excluding carboxylic acids is 1. The van der Waals surface area contributed by atoms with Gasteiger partial charge < -0.3 is 15.2 Å². The summed E-state index contributed by atoms with van der Waals surface area (Å²) in [7, 11) is 0. The monoisotopic (exact) mass is 386 g/mol. The zero-order valence-corrected chi connectivity index (χ0v) is 16.6. The highest BCUT2D eigenvalue weighted by Gasteiger charge is 2.22. The van der Waals surface area contributed by atoms with Gasteiger partial charge in [0.1, 0.15) is 5.82 Å². The van der Waals surface area contributed by atoms with E-state index in [2.05, 4.69) is 35.1 Å². The van der Waals surface area contributed by atoms with Crippen molar-refractivity contribution in [2.24, 2.45) is 5.92 Å². The minimum Gasteiger partial charge on any atom is -0.345 e. The van der Waals surface area contributed by atoms with Crippen LogP contribution >= 0.6 is 24.8 Å². The number of nitrogens with one attached hydrogen (secondary N) is 2. The third kappa shape index (κ3) is 5.33. The molecule has 1 heterocycles. The predicted octanol–water partition coefficient (Wildman–Crippen LogP) is 3.64. The Kier molecular flexibility index (Phi) is 8.19. The average Bonchev–Trinajstić information content (AvgIpc) is 3.24. The van der Waals surface area contributed by atoms with Crippen LogP contribution in [0.4, 0.5) is 0 Å². The van der Waals surface area contributed by atoms with Gasteiger partial charge in [-0.2, -0.15) is 0 Å². The molecule has 7 heteroatoms. The Hall–Kier alpha value is -1.30. The molecule has 0 bridgehead atoms. The van der Waals surface area contributed by atoms with E-state index < -0.39 is 0 Å². The molecule has 1 aliphatic rings. The molecule has 140 valence electrons. The fourth-order valence-electron chi connectivity index (χ4n) is 2.98. The molecule has 1 saturated carbocycles. The number of benzene rings is 1. The molecule has 1 unspecified atom stereocenters. The van der Waals surface area contributed by atoms with Gasteiger partial charge in [0.05, 0.1) is 23.6 Å². The topological polar surface area (TPSA) is 59.0 Å². The molecule has 1 fully saturated rings. The standard InChI is InChI=1S/C18H26N4O.2ClH/c1-12(2)22-16-7-5-4-6-15(16)21-18(22)13(3)20-17(23)11-19-10-14-8-9-14;;/h4-7,12-14,19H,8-11H2,1-3H3,(H,20,23);2*1H. The van der Waals surface area contributed by atoms with Gasteiger partial charge in [0.2, 0.25) is 5.91 Å². The van der Waals surface area contributed by atoms with Crippen LogP contribution in [-0.2, 0) is 4.79 Å². The molecule has 1 atom stereocenters. The SMILES string of the molecule is CC(NC(=O)CNCC1CC1)c1nc2ccccc2n1C(C)C.Cl.Cl. The van der Waals surface area contributed by atoms with Crippen LogP contribution in [0.1, 0.15) is 51.5 Å². The van der Waals surface area contributed by atoms with E-state index in [1.807, 2.05) is 25.1 Å². The summed E-state index contributed by atoms with van der Waals surface area (Å²) in [6, 6.07) is 8.30. The van der Waals surface area contributed by atoms with Gasteiger partial charge in [-0.15, -0.1) is 24.8 Å². The van der Waals surface area contributed by atoms with Crippen molar-refractivity contribution in [3.63, 3.8) is 0 Å². The number of halogens is 2. The van der Waals surface area contributed by atoms with E-state index >= 15 is 0 Å². The Bertz CT molecular complexity index is 697. The number of para-hydroxylation sites is 2. The predicted molar refractivity (Wildman–Crippen MR) is 107 cm³/mol. The summed E-state index contributed by atoms with van der Waals surface area (Å²) in [5.41, 5.74) is 2.09. The average molecular weight is 387 g/mol. The van der Waals surface area contributed by atoms with Gasteiger partial charge in [-0.05, 0) is 58.2 Å². The largest absolute Gasteiger partial charge is 0.345 e. The molecule has 0 saturated heterocycles. The molecule has 0 radical (unpaired) electrons. The smallest absolute Gasteiger partial charge is 0.234 e.